The molecule has 2 fully saturated rings. The lowest BCUT2D eigenvalue weighted by Gasteiger charge is -2.36. The Morgan fingerprint density at radius 1 is 1.33 bits per heavy atom. The van der Waals surface area contributed by atoms with Crippen LogP contribution in [0, 0.1) is 5.92 Å². The minimum absolute atomic E-state index is 0.0755. The third-order valence-electron chi connectivity index (χ3n) is 5.32. The van der Waals surface area contributed by atoms with Gasteiger partial charge in [0, 0.05) is 30.7 Å². The van der Waals surface area contributed by atoms with E-state index in [1.807, 2.05) is 30.3 Å². The molecule has 2 aliphatic heterocycles. The first-order chi connectivity index (χ1) is 14.5. The Kier molecular flexibility index (Phi) is 7.47. The van der Waals surface area contributed by atoms with Crippen LogP contribution in [0.3, 0.4) is 0 Å². The molecule has 4 rings (SSSR count). The summed E-state index contributed by atoms with van der Waals surface area (Å²) in [5.74, 6) is 0.952. The van der Waals surface area contributed by atoms with Crippen LogP contribution in [0.2, 0.25) is 0 Å². The molecule has 162 valence electrons. The summed E-state index contributed by atoms with van der Waals surface area (Å²) >= 11 is 0. The van der Waals surface area contributed by atoms with Gasteiger partial charge in [-0.3, -0.25) is 14.5 Å². The van der Waals surface area contributed by atoms with E-state index in [9.17, 15) is 4.79 Å². The van der Waals surface area contributed by atoms with Crippen LogP contribution >= 0.6 is 0 Å². The topological polar surface area (TPSA) is 122 Å². The minimum Gasteiger partial charge on any atom is -0.483 e. The predicted molar refractivity (Wildman–Crippen MR) is 108 cm³/mol. The van der Waals surface area contributed by atoms with Crippen molar-refractivity contribution in [1.29, 1.82) is 0 Å². The molecule has 10 nitrogen and oxygen atoms in total. The second-order valence-electron chi connectivity index (χ2n) is 7.84. The zero-order valence-corrected chi connectivity index (χ0v) is 17.2. The fraction of sp³-hybridized carbons (Fsp3) is 0.550. The smallest absolute Gasteiger partial charge is 0.290 e. The van der Waals surface area contributed by atoms with Gasteiger partial charge in [-0.05, 0) is 17.6 Å². The second kappa shape index (κ2) is 10.3. The number of carbonyl (C=O) groups is 2. The summed E-state index contributed by atoms with van der Waals surface area (Å²) in [5, 5.41) is 22.3. The van der Waals surface area contributed by atoms with Gasteiger partial charge in [-0.15, -0.1) is 10.2 Å². The number of amides is 1. The van der Waals surface area contributed by atoms with Crippen molar-refractivity contribution in [3.8, 4) is 11.4 Å². The Morgan fingerprint density at radius 3 is 2.77 bits per heavy atom. The van der Waals surface area contributed by atoms with E-state index in [0.29, 0.717) is 17.8 Å². The monoisotopic (exact) mass is 416 g/mol. The number of nitrogens with zero attached hydrogens (tertiary/aromatic N) is 5. The van der Waals surface area contributed by atoms with Gasteiger partial charge >= 0.3 is 0 Å². The van der Waals surface area contributed by atoms with Crippen LogP contribution in [0.15, 0.2) is 30.3 Å². The van der Waals surface area contributed by atoms with Crippen LogP contribution in [0.5, 0.6) is 0 Å². The van der Waals surface area contributed by atoms with Crippen LogP contribution < -0.4 is 5.32 Å². The van der Waals surface area contributed by atoms with E-state index >= 15 is 0 Å². The Morgan fingerprint density at radius 2 is 2.07 bits per heavy atom. The van der Waals surface area contributed by atoms with Gasteiger partial charge in [-0.2, -0.15) is 4.80 Å². The van der Waals surface area contributed by atoms with E-state index in [1.165, 1.54) is 4.80 Å². The van der Waals surface area contributed by atoms with E-state index in [4.69, 9.17) is 14.6 Å². The van der Waals surface area contributed by atoms with E-state index in [-0.39, 0.29) is 31.1 Å². The molecule has 2 aliphatic rings. The largest absolute Gasteiger partial charge is 0.483 e. The summed E-state index contributed by atoms with van der Waals surface area (Å²) in [6.07, 6.45) is 1.21. The van der Waals surface area contributed by atoms with Gasteiger partial charge in [-0.25, -0.2) is 0 Å². The normalized spacial score (nSPS) is 23.4. The van der Waals surface area contributed by atoms with Crippen molar-refractivity contribution in [3.05, 3.63) is 30.3 Å². The van der Waals surface area contributed by atoms with Gasteiger partial charge in [0.1, 0.15) is 6.54 Å². The number of hydrogen-bond acceptors (Lipinski definition) is 7. The molecule has 30 heavy (non-hydrogen) atoms. The molecule has 1 amide bonds. The zero-order valence-electron chi connectivity index (χ0n) is 17.2. The van der Waals surface area contributed by atoms with Crippen molar-refractivity contribution >= 4 is 12.4 Å². The highest BCUT2D eigenvalue weighted by molar-refractivity contribution is 5.76. The first-order valence-electron chi connectivity index (χ1n) is 10.1. The maximum atomic E-state index is 12.4. The van der Waals surface area contributed by atoms with Crippen molar-refractivity contribution in [1.82, 2.24) is 30.4 Å². The van der Waals surface area contributed by atoms with Crippen LogP contribution in [0.25, 0.3) is 11.4 Å². The van der Waals surface area contributed by atoms with E-state index in [0.717, 1.165) is 31.7 Å². The van der Waals surface area contributed by atoms with Crippen molar-refractivity contribution in [3.63, 3.8) is 0 Å². The number of rotatable bonds is 5. The molecule has 10 heteroatoms. The number of nitrogens with one attached hydrogen (secondary N) is 1. The van der Waals surface area contributed by atoms with Crippen LogP contribution in [-0.4, -0.2) is 80.5 Å². The Labute approximate surface area is 175 Å². The third-order valence-corrected chi connectivity index (χ3v) is 5.32. The van der Waals surface area contributed by atoms with Gasteiger partial charge in [0.05, 0.1) is 12.7 Å². The summed E-state index contributed by atoms with van der Waals surface area (Å²) in [6, 6.07) is 10.2. The molecule has 2 N–H and O–H groups in total. The van der Waals surface area contributed by atoms with Crippen LogP contribution in [0.1, 0.15) is 20.3 Å². The molecule has 1 aromatic heterocycles. The van der Waals surface area contributed by atoms with E-state index in [2.05, 4.69) is 39.5 Å². The van der Waals surface area contributed by atoms with Crippen molar-refractivity contribution in [2.45, 2.75) is 45.0 Å². The molecule has 0 spiro atoms. The van der Waals surface area contributed by atoms with Crippen LogP contribution in [-0.2, 0) is 20.9 Å². The molecule has 1 aromatic carbocycles. The average Bonchev–Trinajstić information content (AvgIpc) is 3.34. The summed E-state index contributed by atoms with van der Waals surface area (Å²) in [4.78, 5) is 24.6. The number of tetrazole rings is 1. The number of carboxylic acid groups (broad SMARTS) is 1. The lowest BCUT2D eigenvalue weighted by atomic mass is 10.0. The maximum absolute atomic E-state index is 12.4. The Bertz CT molecular complexity index is 828. The summed E-state index contributed by atoms with van der Waals surface area (Å²) in [7, 11) is 0. The Balaban J connectivity index is 0.000000806. The molecule has 0 aliphatic carbocycles. The number of morpholine rings is 1. The fourth-order valence-electron chi connectivity index (χ4n) is 3.82. The predicted octanol–water partition coefficient (Wildman–Crippen LogP) is 0.655. The Hall–Kier alpha value is -2.85. The fourth-order valence-corrected chi connectivity index (χ4v) is 3.82. The number of hydrogen-bond donors (Lipinski definition) is 2. The average molecular weight is 416 g/mol. The number of aromatic nitrogens is 4. The summed E-state index contributed by atoms with van der Waals surface area (Å²) < 4.78 is 5.96. The molecule has 2 aromatic rings. The van der Waals surface area contributed by atoms with Gasteiger partial charge < -0.3 is 15.2 Å². The SMILES string of the molecule is CC(C)[C@@H]1CN2C[C@@H](NC(=O)Cn3nnc(-c4ccccc4)n3)C[C@H]2CO1.O=CO. The molecule has 2 saturated heterocycles. The number of ether oxygens (including phenoxy) is 1. The van der Waals surface area contributed by atoms with Gasteiger partial charge in [0.2, 0.25) is 11.7 Å². The number of benzene rings is 1. The van der Waals surface area contributed by atoms with Gasteiger partial charge in [-0.1, -0.05) is 44.2 Å². The lowest BCUT2D eigenvalue weighted by molar-refractivity contribution is -0.123. The molecule has 0 unspecified atom stereocenters. The van der Waals surface area contributed by atoms with Crippen molar-refractivity contribution < 1.29 is 19.4 Å². The second-order valence-corrected chi connectivity index (χ2v) is 7.84. The first kappa shape index (κ1) is 21.8. The molecule has 3 atom stereocenters. The molecule has 0 radical (unpaired) electrons. The molecule has 0 bridgehead atoms. The third kappa shape index (κ3) is 5.61. The number of carbonyl (C=O) groups excluding carboxylic acids is 1. The minimum atomic E-state index is -0.250. The van der Waals surface area contributed by atoms with E-state index < -0.39 is 0 Å². The number of fused-ring (bicyclic) bond motifs is 1. The zero-order chi connectivity index (χ0) is 21.5. The quantitative estimate of drug-likeness (QED) is 0.682. The highest BCUT2D eigenvalue weighted by Crippen LogP contribution is 2.25. The summed E-state index contributed by atoms with van der Waals surface area (Å²) in [5.41, 5.74) is 0.886. The first-order valence-corrected chi connectivity index (χ1v) is 10.1. The molecular formula is C20H28N6O4. The van der Waals surface area contributed by atoms with Crippen LogP contribution in [0.4, 0.5) is 0 Å². The van der Waals surface area contributed by atoms with E-state index in [1.54, 1.807) is 0 Å². The molecule has 3 heterocycles. The maximum Gasteiger partial charge on any atom is 0.290 e. The standard InChI is InChI=1S/C19H26N6O2.CH2O2/c1-13(2)17-10-24-9-15(8-16(24)12-27-17)20-18(26)11-25-22-19(21-23-25)14-6-4-3-5-7-14;2-1-3/h3-7,13,15-17H,8-12H2,1-2H3,(H,20,26);1H,(H,2,3)/t15-,16-,17-;/m0./s1. The molecule has 0 saturated carbocycles. The molecular weight excluding hydrogens is 388 g/mol. The van der Waals surface area contributed by atoms with Crippen molar-refractivity contribution in [2.75, 3.05) is 19.7 Å². The van der Waals surface area contributed by atoms with Gasteiger partial charge in [0.15, 0.2) is 0 Å². The highest BCUT2D eigenvalue weighted by atomic mass is 16.5. The summed E-state index contributed by atoms with van der Waals surface area (Å²) in [6.45, 7) is 6.78. The lowest BCUT2D eigenvalue weighted by Crippen LogP contribution is -2.48. The van der Waals surface area contributed by atoms with Crippen molar-refractivity contribution in [2.24, 2.45) is 5.92 Å². The van der Waals surface area contributed by atoms with Gasteiger partial charge in [0.25, 0.3) is 6.47 Å². The highest BCUT2D eigenvalue weighted by Gasteiger charge is 2.38.